The van der Waals surface area contributed by atoms with Crippen molar-refractivity contribution in [3.63, 3.8) is 0 Å². The molecule has 0 spiro atoms. The predicted molar refractivity (Wildman–Crippen MR) is 75.8 cm³/mol. The van der Waals surface area contributed by atoms with Gasteiger partial charge >= 0.3 is 0 Å². The van der Waals surface area contributed by atoms with Crippen molar-refractivity contribution in [2.24, 2.45) is 0 Å². The van der Waals surface area contributed by atoms with Gasteiger partial charge in [-0.2, -0.15) is 10.2 Å². The van der Waals surface area contributed by atoms with Crippen molar-refractivity contribution in [3.05, 3.63) is 33.3 Å². The maximum atomic E-state index is 9.15. The van der Waals surface area contributed by atoms with Crippen LogP contribution in [0.1, 0.15) is 11.1 Å². The molecule has 1 aromatic carbocycles. The van der Waals surface area contributed by atoms with Crippen LogP contribution in [-0.2, 0) is 0 Å². The molecule has 0 aliphatic rings. The minimum atomic E-state index is -0.0276. The molecule has 0 radical (unpaired) electrons. The topological polar surface area (TPSA) is 102 Å². The molecule has 2 aromatic rings. The number of benzene rings is 1. The largest absolute Gasteiger partial charge is 0.382 e. The van der Waals surface area contributed by atoms with Crippen LogP contribution in [0.4, 0.5) is 11.8 Å². The van der Waals surface area contributed by atoms with Crippen molar-refractivity contribution < 1.29 is 0 Å². The summed E-state index contributed by atoms with van der Waals surface area (Å²) < 4.78 is 0. The van der Waals surface area contributed by atoms with Crippen LogP contribution in [0.25, 0.3) is 11.3 Å². The van der Waals surface area contributed by atoms with Crippen LogP contribution in [0.5, 0.6) is 0 Å². The molecule has 7 heteroatoms. The van der Waals surface area contributed by atoms with Gasteiger partial charge in [-0.15, -0.1) is 0 Å². The van der Waals surface area contributed by atoms with Gasteiger partial charge < -0.3 is 11.5 Å². The second kappa shape index (κ2) is 4.92. The zero-order valence-corrected chi connectivity index (χ0v) is 11.4. The van der Waals surface area contributed by atoms with E-state index in [0.29, 0.717) is 15.6 Å². The molecule has 0 atom stereocenters. The van der Waals surface area contributed by atoms with Crippen LogP contribution in [0, 0.1) is 18.3 Å². The van der Waals surface area contributed by atoms with E-state index in [4.69, 9.17) is 39.9 Å². The molecular formula is C12H9Cl2N5. The van der Waals surface area contributed by atoms with E-state index in [-0.39, 0.29) is 23.0 Å². The second-order valence-electron chi connectivity index (χ2n) is 3.89. The van der Waals surface area contributed by atoms with Crippen molar-refractivity contribution in [1.29, 1.82) is 5.26 Å². The summed E-state index contributed by atoms with van der Waals surface area (Å²) in [6, 6.07) is 5.27. The quantitative estimate of drug-likeness (QED) is 0.842. The Labute approximate surface area is 119 Å². The van der Waals surface area contributed by atoms with Crippen molar-refractivity contribution >= 4 is 35.0 Å². The summed E-state index contributed by atoms with van der Waals surface area (Å²) in [5.41, 5.74) is 12.9. The zero-order chi connectivity index (χ0) is 14.2. The molecule has 0 saturated carbocycles. The third-order valence-corrected chi connectivity index (χ3v) is 3.26. The van der Waals surface area contributed by atoms with E-state index < -0.39 is 0 Å². The molecular weight excluding hydrogens is 285 g/mol. The van der Waals surface area contributed by atoms with Crippen LogP contribution < -0.4 is 11.5 Å². The minimum absolute atomic E-state index is 0.0127. The van der Waals surface area contributed by atoms with Crippen LogP contribution >= 0.6 is 23.2 Å². The first kappa shape index (κ1) is 13.4. The monoisotopic (exact) mass is 293 g/mol. The van der Waals surface area contributed by atoms with Gasteiger partial charge in [-0.25, -0.2) is 4.98 Å². The van der Waals surface area contributed by atoms with Gasteiger partial charge in [-0.05, 0) is 24.6 Å². The molecule has 19 heavy (non-hydrogen) atoms. The SMILES string of the molecule is Cc1cc(Cl)cc(-c2nc(N)nc(N)c2C#N)c1Cl. The smallest absolute Gasteiger partial charge is 0.222 e. The highest BCUT2D eigenvalue weighted by Gasteiger charge is 2.17. The number of hydrogen-bond acceptors (Lipinski definition) is 5. The van der Waals surface area contributed by atoms with Crippen LogP contribution in [0.2, 0.25) is 10.0 Å². The van der Waals surface area contributed by atoms with Crippen LogP contribution in [-0.4, -0.2) is 9.97 Å². The Kier molecular flexibility index (Phi) is 3.47. The number of rotatable bonds is 1. The Morgan fingerprint density at radius 2 is 1.89 bits per heavy atom. The first-order valence-corrected chi connectivity index (χ1v) is 5.98. The Morgan fingerprint density at radius 1 is 1.21 bits per heavy atom. The molecule has 0 bridgehead atoms. The van der Waals surface area contributed by atoms with E-state index in [1.54, 1.807) is 19.1 Å². The van der Waals surface area contributed by atoms with Crippen molar-refractivity contribution in [2.75, 3.05) is 11.5 Å². The summed E-state index contributed by atoms with van der Waals surface area (Å²) in [4.78, 5) is 7.79. The van der Waals surface area contributed by atoms with E-state index in [1.165, 1.54) is 0 Å². The zero-order valence-electron chi connectivity index (χ0n) is 9.91. The average molecular weight is 294 g/mol. The molecule has 0 aliphatic heterocycles. The summed E-state index contributed by atoms with van der Waals surface area (Å²) >= 11 is 12.2. The molecule has 0 fully saturated rings. The van der Waals surface area contributed by atoms with E-state index in [9.17, 15) is 0 Å². The van der Waals surface area contributed by atoms with E-state index >= 15 is 0 Å². The molecule has 0 saturated heterocycles. The molecule has 2 rings (SSSR count). The molecule has 4 N–H and O–H groups in total. The summed E-state index contributed by atoms with van der Waals surface area (Å²) in [6.45, 7) is 1.80. The van der Waals surface area contributed by atoms with Crippen molar-refractivity contribution in [3.8, 4) is 17.3 Å². The lowest BCUT2D eigenvalue weighted by atomic mass is 10.0. The fourth-order valence-electron chi connectivity index (χ4n) is 1.70. The Hall–Kier alpha value is -2.03. The summed E-state index contributed by atoms with van der Waals surface area (Å²) in [7, 11) is 0. The third kappa shape index (κ3) is 2.41. The van der Waals surface area contributed by atoms with E-state index in [2.05, 4.69) is 9.97 Å². The lowest BCUT2D eigenvalue weighted by Crippen LogP contribution is -2.05. The highest BCUT2D eigenvalue weighted by Crippen LogP contribution is 2.35. The fourth-order valence-corrected chi connectivity index (χ4v) is 2.17. The molecule has 1 aromatic heterocycles. The van der Waals surface area contributed by atoms with E-state index in [0.717, 1.165) is 5.56 Å². The summed E-state index contributed by atoms with van der Waals surface area (Å²) in [5.74, 6) is -0.0149. The molecule has 0 aliphatic carbocycles. The second-order valence-corrected chi connectivity index (χ2v) is 4.70. The molecule has 5 nitrogen and oxygen atoms in total. The number of anilines is 2. The summed E-state index contributed by atoms with van der Waals surface area (Å²) in [5, 5.41) is 10.1. The van der Waals surface area contributed by atoms with Gasteiger partial charge in [0.05, 0.1) is 10.7 Å². The molecule has 0 unspecified atom stereocenters. The van der Waals surface area contributed by atoms with Gasteiger partial charge in [0.15, 0.2) is 0 Å². The first-order valence-electron chi connectivity index (χ1n) is 5.23. The maximum absolute atomic E-state index is 9.15. The van der Waals surface area contributed by atoms with Gasteiger partial charge in [-0.3, -0.25) is 0 Å². The van der Waals surface area contributed by atoms with Crippen LogP contribution in [0.15, 0.2) is 12.1 Å². The molecule has 1 heterocycles. The van der Waals surface area contributed by atoms with Gasteiger partial charge in [0, 0.05) is 10.6 Å². The first-order chi connectivity index (χ1) is 8.93. The number of nitriles is 1. The lowest BCUT2D eigenvalue weighted by Gasteiger charge is -2.10. The predicted octanol–water partition coefficient (Wildman–Crippen LogP) is 2.79. The highest BCUT2D eigenvalue weighted by molar-refractivity contribution is 6.36. The Morgan fingerprint density at radius 3 is 2.53 bits per heavy atom. The van der Waals surface area contributed by atoms with Gasteiger partial charge in [0.25, 0.3) is 0 Å². The number of aromatic nitrogens is 2. The van der Waals surface area contributed by atoms with Crippen molar-refractivity contribution in [1.82, 2.24) is 9.97 Å². The lowest BCUT2D eigenvalue weighted by molar-refractivity contribution is 1.18. The van der Waals surface area contributed by atoms with Crippen LogP contribution in [0.3, 0.4) is 0 Å². The highest BCUT2D eigenvalue weighted by atomic mass is 35.5. The van der Waals surface area contributed by atoms with Gasteiger partial charge in [0.1, 0.15) is 17.5 Å². The number of nitrogens with zero attached hydrogens (tertiary/aromatic N) is 3. The van der Waals surface area contributed by atoms with Crippen molar-refractivity contribution in [2.45, 2.75) is 6.92 Å². The third-order valence-electron chi connectivity index (χ3n) is 2.54. The number of halogens is 2. The van der Waals surface area contributed by atoms with Gasteiger partial charge in [-0.1, -0.05) is 23.2 Å². The summed E-state index contributed by atoms with van der Waals surface area (Å²) in [6.07, 6.45) is 0. The fraction of sp³-hybridized carbons (Fsp3) is 0.0833. The number of nitrogen functional groups attached to an aromatic ring is 2. The average Bonchev–Trinajstić information content (AvgIpc) is 2.33. The minimum Gasteiger partial charge on any atom is -0.382 e. The Balaban J connectivity index is 2.83. The number of aryl methyl sites for hydroxylation is 1. The molecule has 96 valence electrons. The van der Waals surface area contributed by atoms with E-state index in [1.807, 2.05) is 6.07 Å². The number of hydrogen-bond donors (Lipinski definition) is 2. The standard InChI is InChI=1S/C12H9Cl2N5/c1-5-2-6(13)3-7(9(5)14)10-8(4-15)11(16)19-12(17)18-10/h2-3H,1H3,(H4,16,17,18,19). The number of nitrogens with two attached hydrogens (primary N) is 2. The Bertz CT molecular complexity index is 706. The molecule has 0 amide bonds. The normalized spacial score (nSPS) is 10.2. The van der Waals surface area contributed by atoms with Gasteiger partial charge in [0.2, 0.25) is 5.95 Å². The maximum Gasteiger partial charge on any atom is 0.222 e.